The SMILES string of the molecule is O=c1oc(CC(Cc2ccccc2)C2CC2)cc(O)c1C(c1ccccc1)C1CC1. The van der Waals surface area contributed by atoms with Crippen LogP contribution in [0.15, 0.2) is 75.9 Å². The van der Waals surface area contributed by atoms with E-state index in [0.29, 0.717) is 35.5 Å². The number of hydrogen-bond donors (Lipinski definition) is 1. The minimum Gasteiger partial charge on any atom is -0.507 e. The summed E-state index contributed by atoms with van der Waals surface area (Å²) in [7, 11) is 0. The molecular formula is C27H28O3. The maximum absolute atomic E-state index is 13.0. The van der Waals surface area contributed by atoms with Gasteiger partial charge in [0, 0.05) is 18.4 Å². The van der Waals surface area contributed by atoms with Crippen molar-refractivity contribution in [1.82, 2.24) is 0 Å². The molecule has 2 aromatic carbocycles. The van der Waals surface area contributed by atoms with Gasteiger partial charge in [-0.15, -0.1) is 0 Å². The van der Waals surface area contributed by atoms with Crippen molar-refractivity contribution in [3.63, 3.8) is 0 Å². The van der Waals surface area contributed by atoms with E-state index in [1.165, 1.54) is 18.4 Å². The highest BCUT2D eigenvalue weighted by atomic mass is 16.4. The van der Waals surface area contributed by atoms with Crippen molar-refractivity contribution >= 4 is 0 Å². The van der Waals surface area contributed by atoms with Gasteiger partial charge in [0.25, 0.3) is 0 Å². The Labute approximate surface area is 177 Å². The van der Waals surface area contributed by atoms with Crippen LogP contribution in [0.3, 0.4) is 0 Å². The predicted molar refractivity (Wildman–Crippen MR) is 118 cm³/mol. The molecular weight excluding hydrogens is 372 g/mol. The monoisotopic (exact) mass is 400 g/mol. The summed E-state index contributed by atoms with van der Waals surface area (Å²) in [5, 5.41) is 10.9. The van der Waals surface area contributed by atoms with Gasteiger partial charge in [0.05, 0.1) is 5.56 Å². The lowest BCUT2D eigenvalue weighted by molar-refractivity contribution is 0.363. The number of aromatic hydroxyl groups is 1. The molecule has 0 bridgehead atoms. The molecule has 1 N–H and O–H groups in total. The third-order valence-electron chi connectivity index (χ3n) is 6.67. The molecule has 154 valence electrons. The first-order valence-corrected chi connectivity index (χ1v) is 11.1. The fourth-order valence-corrected chi connectivity index (χ4v) is 4.84. The average Bonchev–Trinajstić information content (AvgIpc) is 3.65. The van der Waals surface area contributed by atoms with E-state index in [1.807, 2.05) is 36.4 Å². The van der Waals surface area contributed by atoms with Crippen LogP contribution in [-0.4, -0.2) is 5.11 Å². The highest BCUT2D eigenvalue weighted by Gasteiger charge is 2.38. The standard InChI is InChI=1S/C27H28O3/c28-24-17-23(16-22(19-11-12-19)15-18-7-3-1-4-8-18)30-27(29)26(24)25(21-13-14-21)20-9-5-2-6-10-20/h1-10,17,19,21-22,25,28H,11-16H2. The Morgan fingerprint density at radius 1 is 0.867 bits per heavy atom. The van der Waals surface area contributed by atoms with Gasteiger partial charge in [-0.2, -0.15) is 0 Å². The van der Waals surface area contributed by atoms with E-state index >= 15 is 0 Å². The molecule has 0 radical (unpaired) electrons. The van der Waals surface area contributed by atoms with Crippen LogP contribution >= 0.6 is 0 Å². The third kappa shape index (κ3) is 4.21. The Kier molecular flexibility index (Phi) is 5.20. The molecule has 2 aliphatic carbocycles. The first kappa shape index (κ1) is 19.2. The van der Waals surface area contributed by atoms with Gasteiger partial charge in [-0.05, 0) is 61.0 Å². The zero-order valence-electron chi connectivity index (χ0n) is 17.2. The fourth-order valence-electron chi connectivity index (χ4n) is 4.84. The normalized spacial score (nSPS) is 18.1. The van der Waals surface area contributed by atoms with Crippen LogP contribution in [0.2, 0.25) is 0 Å². The minimum atomic E-state index is -0.375. The summed E-state index contributed by atoms with van der Waals surface area (Å²) in [6.07, 6.45) is 6.32. The van der Waals surface area contributed by atoms with E-state index in [2.05, 4.69) is 24.3 Å². The lowest BCUT2D eigenvalue weighted by Crippen LogP contribution is -2.18. The largest absolute Gasteiger partial charge is 0.507 e. The molecule has 3 nitrogen and oxygen atoms in total. The molecule has 0 amide bonds. The molecule has 0 saturated heterocycles. The molecule has 0 spiro atoms. The van der Waals surface area contributed by atoms with Gasteiger partial charge in [-0.3, -0.25) is 0 Å². The highest BCUT2D eigenvalue weighted by Crippen LogP contribution is 2.47. The molecule has 30 heavy (non-hydrogen) atoms. The molecule has 0 aliphatic heterocycles. The second kappa shape index (κ2) is 8.14. The first-order valence-electron chi connectivity index (χ1n) is 11.1. The smallest absolute Gasteiger partial charge is 0.343 e. The lowest BCUT2D eigenvalue weighted by atomic mass is 9.87. The summed E-state index contributed by atoms with van der Waals surface area (Å²) in [5.74, 6) is 2.15. The van der Waals surface area contributed by atoms with Crippen molar-refractivity contribution in [3.8, 4) is 5.75 Å². The predicted octanol–water partition coefficient (Wildman–Crippen LogP) is 5.70. The molecule has 5 rings (SSSR count). The summed E-state index contributed by atoms with van der Waals surface area (Å²) in [6, 6.07) is 22.2. The van der Waals surface area contributed by atoms with Crippen LogP contribution in [0, 0.1) is 17.8 Å². The Morgan fingerprint density at radius 2 is 1.50 bits per heavy atom. The Balaban J connectivity index is 1.42. The Morgan fingerprint density at radius 3 is 2.10 bits per heavy atom. The van der Waals surface area contributed by atoms with Crippen molar-refractivity contribution in [2.24, 2.45) is 17.8 Å². The van der Waals surface area contributed by atoms with Crippen LogP contribution in [-0.2, 0) is 12.8 Å². The molecule has 2 unspecified atom stereocenters. The van der Waals surface area contributed by atoms with Gasteiger partial charge < -0.3 is 9.52 Å². The molecule has 2 atom stereocenters. The second-order valence-electron chi connectivity index (χ2n) is 9.02. The molecule has 2 fully saturated rings. The van der Waals surface area contributed by atoms with Gasteiger partial charge in [-0.1, -0.05) is 60.7 Å². The zero-order chi connectivity index (χ0) is 20.5. The Bertz CT molecular complexity index is 1050. The van der Waals surface area contributed by atoms with Gasteiger partial charge in [0.15, 0.2) is 0 Å². The fraction of sp³-hybridized carbons (Fsp3) is 0.370. The number of hydrogen-bond acceptors (Lipinski definition) is 3. The molecule has 2 saturated carbocycles. The van der Waals surface area contributed by atoms with Gasteiger partial charge in [-0.25, -0.2) is 4.79 Å². The lowest BCUT2D eigenvalue weighted by Gasteiger charge is -2.19. The van der Waals surface area contributed by atoms with Crippen LogP contribution in [0.5, 0.6) is 5.75 Å². The maximum atomic E-state index is 13.0. The van der Waals surface area contributed by atoms with Crippen LogP contribution in [0.4, 0.5) is 0 Å². The Hall–Kier alpha value is -2.81. The van der Waals surface area contributed by atoms with E-state index < -0.39 is 0 Å². The number of rotatable bonds is 8. The average molecular weight is 401 g/mol. The van der Waals surface area contributed by atoms with E-state index in [1.54, 1.807) is 6.07 Å². The van der Waals surface area contributed by atoms with Crippen LogP contribution < -0.4 is 5.63 Å². The summed E-state index contributed by atoms with van der Waals surface area (Å²) < 4.78 is 5.80. The van der Waals surface area contributed by atoms with E-state index in [9.17, 15) is 9.90 Å². The van der Waals surface area contributed by atoms with Crippen molar-refractivity contribution < 1.29 is 9.52 Å². The third-order valence-corrected chi connectivity index (χ3v) is 6.67. The molecule has 1 aromatic heterocycles. The zero-order valence-corrected chi connectivity index (χ0v) is 17.2. The second-order valence-corrected chi connectivity index (χ2v) is 9.02. The summed E-state index contributed by atoms with van der Waals surface area (Å²) in [4.78, 5) is 13.0. The van der Waals surface area contributed by atoms with Crippen molar-refractivity contribution in [2.45, 2.75) is 44.4 Å². The van der Waals surface area contributed by atoms with Crippen LogP contribution in [0.25, 0.3) is 0 Å². The van der Waals surface area contributed by atoms with Crippen molar-refractivity contribution in [3.05, 3.63) is 99.6 Å². The van der Waals surface area contributed by atoms with Gasteiger partial charge in [0.1, 0.15) is 11.5 Å². The van der Waals surface area contributed by atoms with E-state index in [0.717, 1.165) is 24.8 Å². The molecule has 1 heterocycles. The molecule has 3 aromatic rings. The van der Waals surface area contributed by atoms with Crippen LogP contribution in [0.1, 0.15) is 54.1 Å². The summed E-state index contributed by atoms with van der Waals surface area (Å²) in [5.41, 5.74) is 2.45. The molecule has 2 aliphatic rings. The van der Waals surface area contributed by atoms with Gasteiger partial charge >= 0.3 is 5.63 Å². The topological polar surface area (TPSA) is 50.4 Å². The van der Waals surface area contributed by atoms with E-state index in [-0.39, 0.29) is 17.3 Å². The van der Waals surface area contributed by atoms with Crippen molar-refractivity contribution in [2.75, 3.05) is 0 Å². The molecule has 3 heteroatoms. The first-order chi connectivity index (χ1) is 14.7. The quantitative estimate of drug-likeness (QED) is 0.528. The maximum Gasteiger partial charge on any atom is 0.343 e. The summed E-state index contributed by atoms with van der Waals surface area (Å²) >= 11 is 0. The van der Waals surface area contributed by atoms with E-state index in [4.69, 9.17) is 4.42 Å². The van der Waals surface area contributed by atoms with Gasteiger partial charge in [0.2, 0.25) is 0 Å². The minimum absolute atomic E-state index is 0.0833. The number of benzene rings is 2. The highest BCUT2D eigenvalue weighted by molar-refractivity contribution is 5.41. The summed E-state index contributed by atoms with van der Waals surface area (Å²) in [6.45, 7) is 0. The van der Waals surface area contributed by atoms with Crippen molar-refractivity contribution in [1.29, 1.82) is 0 Å².